The Morgan fingerprint density at radius 2 is 2.22 bits per heavy atom. The van der Waals surface area contributed by atoms with Gasteiger partial charge in [0.25, 0.3) is 0 Å². The van der Waals surface area contributed by atoms with Gasteiger partial charge in [0.2, 0.25) is 0 Å². The number of carbonyl (C=O) groups excluding carboxylic acids is 1. The summed E-state index contributed by atoms with van der Waals surface area (Å²) in [7, 11) is 0. The first-order valence-corrected chi connectivity index (χ1v) is 6.49. The molecule has 0 radical (unpaired) electrons. The maximum Gasteiger partial charge on any atom is 0.309 e. The Balaban J connectivity index is 2.44. The van der Waals surface area contributed by atoms with Gasteiger partial charge in [0.15, 0.2) is 0 Å². The zero-order valence-electron chi connectivity index (χ0n) is 11.3. The van der Waals surface area contributed by atoms with E-state index in [1.54, 1.807) is 0 Å². The van der Waals surface area contributed by atoms with Gasteiger partial charge >= 0.3 is 5.97 Å². The lowest BCUT2D eigenvalue weighted by Gasteiger charge is -2.47. The highest BCUT2D eigenvalue weighted by atomic mass is 16.6. The van der Waals surface area contributed by atoms with Gasteiger partial charge in [0.05, 0.1) is 12.0 Å². The molecule has 100 valence electrons. The third-order valence-corrected chi connectivity index (χ3v) is 4.71. The van der Waals surface area contributed by atoms with E-state index in [1.807, 2.05) is 19.9 Å². The molecule has 6 atom stereocenters. The molecule has 1 heterocycles. The van der Waals surface area contributed by atoms with Crippen molar-refractivity contribution in [1.82, 2.24) is 0 Å². The molecule has 0 unspecified atom stereocenters. The summed E-state index contributed by atoms with van der Waals surface area (Å²) in [5.41, 5.74) is 0.720. The van der Waals surface area contributed by atoms with Gasteiger partial charge in [-0.15, -0.1) is 6.58 Å². The standard InChI is InChI=1S/C15H22O3/c1-6-15(5)7-10(16)11-9(4)14(17)18-13(11)12(15)8(2)3/h6,9-13,16H,1-2,7H2,3-5H3/t9-,10-,11+,12+,13+,15+/m0/s1. The Morgan fingerprint density at radius 1 is 1.61 bits per heavy atom. The fourth-order valence-electron chi connectivity index (χ4n) is 3.75. The van der Waals surface area contributed by atoms with Crippen molar-refractivity contribution in [1.29, 1.82) is 0 Å². The summed E-state index contributed by atoms with van der Waals surface area (Å²) in [6, 6.07) is 0. The van der Waals surface area contributed by atoms with Crippen molar-refractivity contribution in [2.45, 2.75) is 39.4 Å². The predicted molar refractivity (Wildman–Crippen MR) is 69.8 cm³/mol. The van der Waals surface area contributed by atoms with Crippen LogP contribution in [-0.4, -0.2) is 23.3 Å². The van der Waals surface area contributed by atoms with E-state index in [0.29, 0.717) is 6.42 Å². The second-order valence-electron chi connectivity index (χ2n) is 6.07. The largest absolute Gasteiger partial charge is 0.461 e. The third-order valence-electron chi connectivity index (χ3n) is 4.71. The quantitative estimate of drug-likeness (QED) is 0.604. The summed E-state index contributed by atoms with van der Waals surface area (Å²) in [6.07, 6.45) is 1.69. The van der Waals surface area contributed by atoms with Crippen molar-refractivity contribution in [3.05, 3.63) is 24.8 Å². The number of carbonyl (C=O) groups is 1. The molecular weight excluding hydrogens is 228 g/mol. The van der Waals surface area contributed by atoms with Crippen LogP contribution in [0.25, 0.3) is 0 Å². The van der Waals surface area contributed by atoms with Crippen LogP contribution in [0.2, 0.25) is 0 Å². The van der Waals surface area contributed by atoms with Gasteiger partial charge in [-0.1, -0.05) is 32.1 Å². The SMILES string of the molecule is C=C[C@]1(C)C[C@H](O)[C@@H]2[C@@H](OC(=O)[C@H]2C)[C@H]1C(=C)C. The normalized spacial score (nSPS) is 47.3. The van der Waals surface area contributed by atoms with Crippen LogP contribution in [-0.2, 0) is 9.53 Å². The van der Waals surface area contributed by atoms with Crippen molar-refractivity contribution < 1.29 is 14.6 Å². The van der Waals surface area contributed by atoms with Crippen molar-refractivity contribution in [2.75, 3.05) is 0 Å². The average molecular weight is 250 g/mol. The molecule has 3 heteroatoms. The molecule has 0 aromatic rings. The minimum Gasteiger partial charge on any atom is -0.461 e. The second kappa shape index (κ2) is 4.23. The summed E-state index contributed by atoms with van der Waals surface area (Å²) in [5.74, 6) is -0.519. The maximum absolute atomic E-state index is 11.8. The lowest BCUT2D eigenvalue weighted by Crippen LogP contribution is -2.50. The lowest BCUT2D eigenvalue weighted by molar-refractivity contribution is -0.147. The van der Waals surface area contributed by atoms with Crippen LogP contribution >= 0.6 is 0 Å². The molecular formula is C15H22O3. The zero-order valence-corrected chi connectivity index (χ0v) is 11.3. The van der Waals surface area contributed by atoms with E-state index < -0.39 is 6.10 Å². The highest BCUT2D eigenvalue weighted by molar-refractivity contribution is 5.75. The second-order valence-corrected chi connectivity index (χ2v) is 6.07. The molecule has 0 aromatic heterocycles. The van der Waals surface area contributed by atoms with Crippen molar-refractivity contribution in [2.24, 2.45) is 23.2 Å². The van der Waals surface area contributed by atoms with Crippen LogP contribution in [0.4, 0.5) is 0 Å². The van der Waals surface area contributed by atoms with Gasteiger partial charge in [-0.05, 0) is 18.8 Å². The van der Waals surface area contributed by atoms with Crippen molar-refractivity contribution in [3.63, 3.8) is 0 Å². The summed E-state index contributed by atoms with van der Waals surface area (Å²) >= 11 is 0. The summed E-state index contributed by atoms with van der Waals surface area (Å²) in [4.78, 5) is 11.8. The number of hydrogen-bond donors (Lipinski definition) is 1. The molecule has 2 aliphatic rings. The number of aliphatic hydroxyl groups excluding tert-OH is 1. The van der Waals surface area contributed by atoms with Crippen molar-refractivity contribution >= 4 is 5.97 Å². The molecule has 1 aliphatic heterocycles. The third kappa shape index (κ3) is 1.72. The van der Waals surface area contributed by atoms with Gasteiger partial charge in [-0.2, -0.15) is 0 Å². The van der Waals surface area contributed by atoms with E-state index >= 15 is 0 Å². The molecule has 1 N–H and O–H groups in total. The van der Waals surface area contributed by atoms with E-state index in [0.717, 1.165) is 5.57 Å². The zero-order chi connectivity index (χ0) is 13.7. The monoisotopic (exact) mass is 250 g/mol. The Hall–Kier alpha value is -1.09. The number of aliphatic hydroxyl groups is 1. The molecule has 1 saturated heterocycles. The molecule has 1 aliphatic carbocycles. The Bertz CT molecular complexity index is 401. The molecule has 0 bridgehead atoms. The lowest BCUT2D eigenvalue weighted by atomic mass is 9.58. The first-order chi connectivity index (χ1) is 8.31. The van der Waals surface area contributed by atoms with E-state index in [-0.39, 0.29) is 35.2 Å². The molecule has 0 aromatic carbocycles. The van der Waals surface area contributed by atoms with Crippen LogP contribution in [0.3, 0.4) is 0 Å². The first kappa shape index (κ1) is 13.3. The molecule has 18 heavy (non-hydrogen) atoms. The molecule has 2 rings (SSSR count). The maximum atomic E-state index is 11.8. The number of fused-ring (bicyclic) bond motifs is 1. The van der Waals surface area contributed by atoms with Gasteiger partial charge in [0.1, 0.15) is 6.10 Å². The van der Waals surface area contributed by atoms with E-state index in [1.165, 1.54) is 0 Å². The molecule has 2 fully saturated rings. The van der Waals surface area contributed by atoms with Crippen LogP contribution < -0.4 is 0 Å². The smallest absolute Gasteiger partial charge is 0.309 e. The number of hydrogen-bond acceptors (Lipinski definition) is 3. The topological polar surface area (TPSA) is 46.5 Å². The summed E-state index contributed by atoms with van der Waals surface area (Å²) in [6.45, 7) is 13.8. The molecule has 3 nitrogen and oxygen atoms in total. The van der Waals surface area contributed by atoms with E-state index in [9.17, 15) is 9.90 Å². The number of rotatable bonds is 2. The summed E-state index contributed by atoms with van der Waals surface area (Å²) in [5, 5.41) is 10.3. The predicted octanol–water partition coefficient (Wildman–Crippen LogP) is 2.31. The minimum atomic E-state index is -0.518. The number of allylic oxidation sites excluding steroid dienone is 1. The Labute approximate surface area is 109 Å². The average Bonchev–Trinajstić information content (AvgIpc) is 2.54. The Morgan fingerprint density at radius 3 is 2.72 bits per heavy atom. The van der Waals surface area contributed by atoms with Crippen LogP contribution in [0.1, 0.15) is 27.2 Å². The number of ether oxygens (including phenoxy) is 1. The minimum absolute atomic E-state index is 0.0392. The molecule has 1 saturated carbocycles. The molecule has 0 amide bonds. The van der Waals surface area contributed by atoms with E-state index in [2.05, 4.69) is 20.1 Å². The van der Waals surface area contributed by atoms with E-state index in [4.69, 9.17) is 4.74 Å². The molecule has 0 spiro atoms. The highest BCUT2D eigenvalue weighted by Crippen LogP contribution is 2.52. The van der Waals surface area contributed by atoms with Crippen molar-refractivity contribution in [3.8, 4) is 0 Å². The summed E-state index contributed by atoms with van der Waals surface area (Å²) < 4.78 is 5.51. The highest BCUT2D eigenvalue weighted by Gasteiger charge is 2.57. The fraction of sp³-hybridized carbons (Fsp3) is 0.667. The number of esters is 1. The fourth-order valence-corrected chi connectivity index (χ4v) is 3.75. The van der Waals surface area contributed by atoms with Gasteiger partial charge in [-0.3, -0.25) is 4.79 Å². The van der Waals surface area contributed by atoms with Gasteiger partial charge in [-0.25, -0.2) is 0 Å². The first-order valence-electron chi connectivity index (χ1n) is 6.49. The van der Waals surface area contributed by atoms with Gasteiger partial charge in [0, 0.05) is 11.8 Å². The van der Waals surface area contributed by atoms with Gasteiger partial charge < -0.3 is 9.84 Å². The van der Waals surface area contributed by atoms with Crippen LogP contribution in [0.15, 0.2) is 24.8 Å². The Kier molecular flexibility index (Phi) is 3.14. The van der Waals surface area contributed by atoms with Crippen LogP contribution in [0.5, 0.6) is 0 Å². The van der Waals surface area contributed by atoms with Crippen LogP contribution in [0, 0.1) is 23.2 Å².